The first-order chi connectivity index (χ1) is 13.1. The van der Waals surface area contributed by atoms with Crippen LogP contribution in [0.5, 0.6) is 5.75 Å². The zero-order valence-electron chi connectivity index (χ0n) is 15.9. The van der Waals surface area contributed by atoms with E-state index in [1.54, 1.807) is 7.11 Å². The second kappa shape index (κ2) is 9.01. The fourth-order valence-corrected chi connectivity index (χ4v) is 3.60. The lowest BCUT2D eigenvalue weighted by molar-refractivity contribution is -0.120. The Balaban J connectivity index is 1.62. The Kier molecular flexibility index (Phi) is 6.47. The van der Waals surface area contributed by atoms with E-state index < -0.39 is 0 Å². The van der Waals surface area contributed by atoms with Gasteiger partial charge in [-0.05, 0) is 32.4 Å². The molecule has 0 saturated carbocycles. The van der Waals surface area contributed by atoms with Crippen LogP contribution in [0.25, 0.3) is 16.2 Å². The van der Waals surface area contributed by atoms with Crippen molar-refractivity contribution in [2.24, 2.45) is 0 Å². The fourth-order valence-electron chi connectivity index (χ4n) is 2.72. The first kappa shape index (κ1) is 19.4. The van der Waals surface area contributed by atoms with Crippen LogP contribution in [0.15, 0.2) is 35.8 Å². The number of thiazole rings is 1. The van der Waals surface area contributed by atoms with E-state index in [4.69, 9.17) is 9.47 Å². The molecule has 0 radical (unpaired) electrons. The number of amides is 1. The Labute approximate surface area is 163 Å². The molecule has 144 valence electrons. The zero-order chi connectivity index (χ0) is 19.2. The van der Waals surface area contributed by atoms with Crippen LogP contribution < -0.4 is 10.1 Å². The van der Waals surface area contributed by atoms with Gasteiger partial charge in [0.1, 0.15) is 5.75 Å². The van der Waals surface area contributed by atoms with Gasteiger partial charge in [-0.1, -0.05) is 12.1 Å². The second-order valence-electron chi connectivity index (χ2n) is 6.54. The summed E-state index contributed by atoms with van der Waals surface area (Å²) < 4.78 is 12.7. The molecule has 1 amide bonds. The van der Waals surface area contributed by atoms with Gasteiger partial charge in [0.25, 0.3) is 0 Å². The van der Waals surface area contributed by atoms with E-state index in [1.165, 1.54) is 11.3 Å². The minimum atomic E-state index is 0.0101. The first-order valence-corrected chi connectivity index (χ1v) is 9.93. The number of nitrogens with one attached hydrogen (secondary N) is 1. The van der Waals surface area contributed by atoms with E-state index in [2.05, 4.69) is 10.3 Å². The maximum Gasteiger partial charge on any atom is 0.225 e. The fraction of sp³-hybridized carbons (Fsp3) is 0.400. The molecule has 0 atom stereocenters. The molecular weight excluding hydrogens is 362 g/mol. The maximum absolute atomic E-state index is 12.2. The molecule has 0 unspecified atom stereocenters. The van der Waals surface area contributed by atoms with Crippen LogP contribution in [0.2, 0.25) is 0 Å². The molecule has 0 spiro atoms. The predicted octanol–water partition coefficient (Wildman–Crippen LogP) is 3.55. The third-order valence-corrected chi connectivity index (χ3v) is 4.97. The number of fused-ring (bicyclic) bond motifs is 1. The van der Waals surface area contributed by atoms with E-state index in [1.807, 2.05) is 54.1 Å². The largest absolute Gasteiger partial charge is 0.497 e. The lowest BCUT2D eigenvalue weighted by atomic mass is 10.1. The smallest absolute Gasteiger partial charge is 0.225 e. The van der Waals surface area contributed by atoms with Crippen LogP contribution in [-0.2, 0) is 16.0 Å². The molecule has 0 saturated heterocycles. The van der Waals surface area contributed by atoms with Gasteiger partial charge in [0.05, 0.1) is 25.3 Å². The Hall–Kier alpha value is -2.38. The third-order valence-electron chi connectivity index (χ3n) is 4.09. The lowest BCUT2D eigenvalue weighted by Gasteiger charge is -2.08. The SMILES string of the molecule is COc1cccc(-c2cn3c(CC(=O)NCCCOC(C)C)csc3n2)c1. The molecule has 3 aromatic rings. The van der Waals surface area contributed by atoms with Gasteiger partial charge in [0, 0.05) is 36.0 Å². The number of hydrogen-bond acceptors (Lipinski definition) is 5. The van der Waals surface area contributed by atoms with Crippen molar-refractivity contribution in [1.29, 1.82) is 0 Å². The van der Waals surface area contributed by atoms with Crippen molar-refractivity contribution in [3.8, 4) is 17.0 Å². The zero-order valence-corrected chi connectivity index (χ0v) is 16.7. The first-order valence-electron chi connectivity index (χ1n) is 9.05. The Bertz CT molecular complexity index is 901. The Morgan fingerprint density at radius 2 is 2.22 bits per heavy atom. The summed E-state index contributed by atoms with van der Waals surface area (Å²) in [7, 11) is 1.65. The van der Waals surface area contributed by atoms with Gasteiger partial charge in [-0.2, -0.15) is 0 Å². The number of carbonyl (C=O) groups excluding carboxylic acids is 1. The third kappa shape index (κ3) is 5.08. The van der Waals surface area contributed by atoms with Gasteiger partial charge in [0.15, 0.2) is 4.96 Å². The molecule has 2 aromatic heterocycles. The van der Waals surface area contributed by atoms with Crippen molar-refractivity contribution in [1.82, 2.24) is 14.7 Å². The topological polar surface area (TPSA) is 64.9 Å². The highest BCUT2D eigenvalue weighted by atomic mass is 32.1. The minimum Gasteiger partial charge on any atom is -0.497 e. The Morgan fingerprint density at radius 3 is 3.00 bits per heavy atom. The molecule has 27 heavy (non-hydrogen) atoms. The van der Waals surface area contributed by atoms with Crippen molar-refractivity contribution in [3.05, 3.63) is 41.5 Å². The molecule has 1 N–H and O–H groups in total. The number of benzene rings is 1. The van der Waals surface area contributed by atoms with Gasteiger partial charge in [-0.25, -0.2) is 4.98 Å². The van der Waals surface area contributed by atoms with Gasteiger partial charge in [-0.15, -0.1) is 11.3 Å². The molecule has 6 nitrogen and oxygen atoms in total. The summed E-state index contributed by atoms with van der Waals surface area (Å²) in [5, 5.41) is 4.93. The summed E-state index contributed by atoms with van der Waals surface area (Å²) in [5.74, 6) is 0.806. The van der Waals surface area contributed by atoms with Gasteiger partial charge in [-0.3, -0.25) is 9.20 Å². The molecule has 0 aliphatic rings. The number of hydrogen-bond donors (Lipinski definition) is 1. The quantitative estimate of drug-likeness (QED) is 0.570. The van der Waals surface area contributed by atoms with Gasteiger partial charge < -0.3 is 14.8 Å². The summed E-state index contributed by atoms with van der Waals surface area (Å²) in [6, 6.07) is 7.81. The van der Waals surface area contributed by atoms with Crippen molar-refractivity contribution >= 4 is 22.2 Å². The van der Waals surface area contributed by atoms with Crippen molar-refractivity contribution in [2.75, 3.05) is 20.3 Å². The highest BCUT2D eigenvalue weighted by Crippen LogP contribution is 2.26. The van der Waals surface area contributed by atoms with Crippen molar-refractivity contribution < 1.29 is 14.3 Å². The molecule has 1 aromatic carbocycles. The van der Waals surface area contributed by atoms with Crippen LogP contribution in [0, 0.1) is 0 Å². The maximum atomic E-state index is 12.2. The van der Waals surface area contributed by atoms with Crippen molar-refractivity contribution in [3.63, 3.8) is 0 Å². The highest BCUT2D eigenvalue weighted by molar-refractivity contribution is 7.15. The van der Waals surface area contributed by atoms with Crippen LogP contribution in [-0.4, -0.2) is 41.7 Å². The monoisotopic (exact) mass is 387 g/mol. The lowest BCUT2D eigenvalue weighted by Crippen LogP contribution is -2.27. The molecule has 3 rings (SSSR count). The summed E-state index contributed by atoms with van der Waals surface area (Å²) >= 11 is 1.54. The number of imidazole rings is 1. The molecule has 0 fully saturated rings. The van der Waals surface area contributed by atoms with E-state index in [0.29, 0.717) is 19.6 Å². The molecule has 2 heterocycles. The minimum absolute atomic E-state index is 0.0101. The second-order valence-corrected chi connectivity index (χ2v) is 7.37. The van der Waals surface area contributed by atoms with Crippen LogP contribution in [0.4, 0.5) is 0 Å². The summed E-state index contributed by atoms with van der Waals surface area (Å²) in [4.78, 5) is 17.8. The number of aromatic nitrogens is 2. The number of rotatable bonds is 9. The van der Waals surface area contributed by atoms with E-state index in [-0.39, 0.29) is 12.0 Å². The summed E-state index contributed by atoms with van der Waals surface area (Å²) in [6.07, 6.45) is 3.34. The highest BCUT2D eigenvalue weighted by Gasteiger charge is 2.13. The van der Waals surface area contributed by atoms with Crippen molar-refractivity contribution in [2.45, 2.75) is 32.8 Å². The van der Waals surface area contributed by atoms with Crippen LogP contribution in [0.3, 0.4) is 0 Å². The summed E-state index contributed by atoms with van der Waals surface area (Å²) in [5.41, 5.74) is 2.80. The number of ether oxygens (including phenoxy) is 2. The molecule has 7 heteroatoms. The molecule has 0 bridgehead atoms. The van der Waals surface area contributed by atoms with Gasteiger partial charge >= 0.3 is 0 Å². The van der Waals surface area contributed by atoms with E-state index >= 15 is 0 Å². The number of methoxy groups -OCH3 is 1. The average molecular weight is 388 g/mol. The normalized spacial score (nSPS) is 11.3. The molecule has 0 aliphatic heterocycles. The molecule has 0 aliphatic carbocycles. The van der Waals surface area contributed by atoms with E-state index in [9.17, 15) is 4.79 Å². The number of carbonyl (C=O) groups is 1. The van der Waals surface area contributed by atoms with Crippen LogP contribution in [0.1, 0.15) is 26.0 Å². The van der Waals surface area contributed by atoms with E-state index in [0.717, 1.165) is 34.1 Å². The average Bonchev–Trinajstić information content (AvgIpc) is 3.23. The standard InChI is InChI=1S/C20H25N3O3S/c1-14(2)26-9-5-8-21-19(24)11-16-13-27-20-22-18(12-23(16)20)15-6-4-7-17(10-15)25-3/h4,6-7,10,12-14H,5,8-9,11H2,1-3H3,(H,21,24). The Morgan fingerprint density at radius 1 is 1.37 bits per heavy atom. The van der Waals surface area contributed by atoms with Gasteiger partial charge in [0.2, 0.25) is 5.91 Å². The number of nitrogens with zero attached hydrogens (tertiary/aromatic N) is 2. The summed E-state index contributed by atoms with van der Waals surface area (Å²) in [6.45, 7) is 5.29. The predicted molar refractivity (Wildman–Crippen MR) is 107 cm³/mol. The van der Waals surface area contributed by atoms with Crippen LogP contribution >= 0.6 is 11.3 Å². The molecular formula is C20H25N3O3S.